The number of likely N-dealkylation sites (N-methyl/N-ethyl adjacent to an activating group) is 3. The summed E-state index contributed by atoms with van der Waals surface area (Å²) in [4.78, 5) is 42.4. The average Bonchev–Trinajstić information content (AvgIpc) is 3.47. The van der Waals surface area contributed by atoms with Gasteiger partial charge in [0.05, 0.1) is 19.8 Å². The standard InChI is InChI=1S/C29H40N4O5/c1-30-28(35)25(17-22-11-6-4-7-12-22)33(3)29(36)26(20-37-18-23-13-8-5-9-14-23)32(2)27(34)21-38-19-24-15-10-16-31-24/h4-9,11-14,24-26,31H,10,15-21H2,1-3H3,(H,30,35). The minimum atomic E-state index is -0.924. The third-order valence-corrected chi connectivity index (χ3v) is 6.88. The molecule has 0 saturated carbocycles. The highest BCUT2D eigenvalue weighted by atomic mass is 16.5. The largest absolute Gasteiger partial charge is 0.374 e. The Morgan fingerprint density at radius 1 is 0.947 bits per heavy atom. The zero-order chi connectivity index (χ0) is 27.3. The molecule has 3 amide bonds. The third-order valence-electron chi connectivity index (χ3n) is 6.88. The van der Waals surface area contributed by atoms with Gasteiger partial charge in [-0.15, -0.1) is 0 Å². The van der Waals surface area contributed by atoms with E-state index in [1.54, 1.807) is 21.1 Å². The van der Waals surface area contributed by atoms with Gasteiger partial charge in [0.25, 0.3) is 0 Å². The van der Waals surface area contributed by atoms with Crippen LogP contribution >= 0.6 is 0 Å². The second-order valence-corrected chi connectivity index (χ2v) is 9.60. The lowest BCUT2D eigenvalue weighted by Gasteiger charge is -2.34. The van der Waals surface area contributed by atoms with Crippen molar-refractivity contribution in [1.82, 2.24) is 20.4 Å². The first-order valence-electron chi connectivity index (χ1n) is 13.1. The molecule has 0 bridgehead atoms. The van der Waals surface area contributed by atoms with Gasteiger partial charge in [-0.3, -0.25) is 14.4 Å². The molecule has 0 aromatic heterocycles. The van der Waals surface area contributed by atoms with Crippen molar-refractivity contribution < 1.29 is 23.9 Å². The molecule has 0 spiro atoms. The first kappa shape index (κ1) is 29.3. The van der Waals surface area contributed by atoms with E-state index in [1.807, 2.05) is 60.7 Å². The van der Waals surface area contributed by atoms with Crippen molar-refractivity contribution in [3.63, 3.8) is 0 Å². The maximum Gasteiger partial charge on any atom is 0.249 e. The summed E-state index contributed by atoms with van der Waals surface area (Å²) in [6, 6.07) is 17.7. The predicted molar refractivity (Wildman–Crippen MR) is 145 cm³/mol. The Balaban J connectivity index is 1.71. The van der Waals surface area contributed by atoms with E-state index in [4.69, 9.17) is 9.47 Å². The lowest BCUT2D eigenvalue weighted by atomic mass is 10.0. The van der Waals surface area contributed by atoms with Crippen LogP contribution in [-0.4, -0.2) is 93.2 Å². The molecule has 1 aliphatic rings. The lowest BCUT2D eigenvalue weighted by molar-refractivity contribution is -0.151. The first-order chi connectivity index (χ1) is 18.4. The van der Waals surface area contributed by atoms with E-state index in [1.165, 1.54) is 9.80 Å². The molecule has 206 valence electrons. The molecular formula is C29H40N4O5. The average molecular weight is 525 g/mol. The molecule has 38 heavy (non-hydrogen) atoms. The molecule has 2 N–H and O–H groups in total. The second kappa shape index (κ2) is 15.2. The quantitative estimate of drug-likeness (QED) is 0.390. The molecule has 3 atom stereocenters. The predicted octanol–water partition coefficient (Wildman–Crippen LogP) is 1.61. The highest BCUT2D eigenvalue weighted by molar-refractivity contribution is 5.92. The second-order valence-electron chi connectivity index (χ2n) is 9.60. The van der Waals surface area contributed by atoms with Crippen LogP contribution in [0.3, 0.4) is 0 Å². The zero-order valence-electron chi connectivity index (χ0n) is 22.6. The highest BCUT2D eigenvalue weighted by Gasteiger charge is 2.35. The van der Waals surface area contributed by atoms with Gasteiger partial charge in [-0.25, -0.2) is 0 Å². The smallest absolute Gasteiger partial charge is 0.249 e. The van der Waals surface area contributed by atoms with Crippen LogP contribution in [0.15, 0.2) is 60.7 Å². The number of ether oxygens (including phenoxy) is 2. The fraction of sp³-hybridized carbons (Fsp3) is 0.483. The van der Waals surface area contributed by atoms with Crippen molar-refractivity contribution in [3.05, 3.63) is 71.8 Å². The Hall–Kier alpha value is -3.27. The molecule has 3 rings (SSSR count). The molecule has 9 nitrogen and oxygen atoms in total. The molecular weight excluding hydrogens is 484 g/mol. The van der Waals surface area contributed by atoms with Crippen molar-refractivity contribution in [3.8, 4) is 0 Å². The summed E-state index contributed by atoms with van der Waals surface area (Å²) in [5.74, 6) is -0.983. The summed E-state index contributed by atoms with van der Waals surface area (Å²) in [7, 11) is 4.72. The van der Waals surface area contributed by atoms with Crippen LogP contribution in [-0.2, 0) is 36.9 Å². The number of nitrogens with one attached hydrogen (secondary N) is 2. The maximum absolute atomic E-state index is 13.8. The first-order valence-corrected chi connectivity index (χ1v) is 13.1. The number of hydrogen-bond acceptors (Lipinski definition) is 6. The van der Waals surface area contributed by atoms with Crippen LogP contribution in [0.4, 0.5) is 0 Å². The van der Waals surface area contributed by atoms with Gasteiger partial charge in [0.15, 0.2) is 0 Å². The normalized spacial score (nSPS) is 16.4. The minimum Gasteiger partial charge on any atom is -0.374 e. The topological polar surface area (TPSA) is 100 Å². The molecule has 1 aliphatic heterocycles. The van der Waals surface area contributed by atoms with Crippen LogP contribution in [0.5, 0.6) is 0 Å². The van der Waals surface area contributed by atoms with E-state index in [0.29, 0.717) is 19.6 Å². The summed E-state index contributed by atoms with van der Waals surface area (Å²) in [6.07, 6.45) is 2.46. The van der Waals surface area contributed by atoms with Crippen molar-refractivity contribution in [1.29, 1.82) is 0 Å². The van der Waals surface area contributed by atoms with Gasteiger partial charge in [0.1, 0.15) is 18.7 Å². The van der Waals surface area contributed by atoms with E-state index in [0.717, 1.165) is 30.5 Å². The summed E-state index contributed by atoms with van der Waals surface area (Å²) >= 11 is 0. The van der Waals surface area contributed by atoms with Crippen molar-refractivity contribution in [2.75, 3.05) is 47.5 Å². The van der Waals surface area contributed by atoms with Crippen LogP contribution in [0.1, 0.15) is 24.0 Å². The number of carbonyl (C=O) groups excluding carboxylic acids is 3. The molecule has 9 heteroatoms. The Labute approximate surface area is 225 Å². The van der Waals surface area contributed by atoms with E-state index >= 15 is 0 Å². The molecule has 0 radical (unpaired) electrons. The van der Waals surface area contributed by atoms with Crippen LogP contribution in [0, 0.1) is 0 Å². The van der Waals surface area contributed by atoms with Gasteiger partial charge in [0.2, 0.25) is 17.7 Å². The van der Waals surface area contributed by atoms with Gasteiger partial charge in [-0.05, 0) is 30.5 Å². The molecule has 1 heterocycles. The lowest BCUT2D eigenvalue weighted by Crippen LogP contribution is -2.56. The number of benzene rings is 2. The summed E-state index contributed by atoms with van der Waals surface area (Å²) in [6.45, 7) is 1.54. The van der Waals surface area contributed by atoms with Gasteiger partial charge >= 0.3 is 0 Å². The molecule has 2 aromatic rings. The Morgan fingerprint density at radius 3 is 2.21 bits per heavy atom. The molecule has 3 unspecified atom stereocenters. The highest BCUT2D eigenvalue weighted by Crippen LogP contribution is 2.14. The van der Waals surface area contributed by atoms with Gasteiger partial charge < -0.3 is 29.9 Å². The minimum absolute atomic E-state index is 0.0176. The monoisotopic (exact) mass is 524 g/mol. The summed E-state index contributed by atoms with van der Waals surface area (Å²) in [5, 5.41) is 6.00. The molecule has 0 aliphatic carbocycles. The summed E-state index contributed by atoms with van der Waals surface area (Å²) in [5.41, 5.74) is 1.89. The molecule has 2 aromatic carbocycles. The fourth-order valence-electron chi connectivity index (χ4n) is 4.47. The van der Waals surface area contributed by atoms with Crippen molar-refractivity contribution >= 4 is 17.7 Å². The molecule has 1 fully saturated rings. The zero-order valence-corrected chi connectivity index (χ0v) is 22.6. The van der Waals surface area contributed by atoms with Gasteiger partial charge in [0, 0.05) is 33.6 Å². The molecule has 1 saturated heterocycles. The van der Waals surface area contributed by atoms with Crippen LogP contribution < -0.4 is 10.6 Å². The van der Waals surface area contributed by atoms with Gasteiger partial charge in [-0.1, -0.05) is 60.7 Å². The van der Waals surface area contributed by atoms with Crippen molar-refractivity contribution in [2.24, 2.45) is 0 Å². The Kier molecular flexibility index (Phi) is 11.7. The Morgan fingerprint density at radius 2 is 1.61 bits per heavy atom. The number of carbonyl (C=O) groups is 3. The summed E-state index contributed by atoms with van der Waals surface area (Å²) < 4.78 is 11.6. The van der Waals surface area contributed by atoms with E-state index < -0.39 is 12.1 Å². The van der Waals surface area contributed by atoms with E-state index in [2.05, 4.69) is 10.6 Å². The Bertz CT molecular complexity index is 1010. The van der Waals surface area contributed by atoms with E-state index in [9.17, 15) is 14.4 Å². The number of hydrogen-bond donors (Lipinski definition) is 2. The number of nitrogens with zero attached hydrogens (tertiary/aromatic N) is 2. The van der Waals surface area contributed by atoms with Gasteiger partial charge in [-0.2, -0.15) is 0 Å². The van der Waals surface area contributed by atoms with E-state index in [-0.39, 0.29) is 37.0 Å². The van der Waals surface area contributed by atoms with Crippen LogP contribution in [0.2, 0.25) is 0 Å². The van der Waals surface area contributed by atoms with Crippen LogP contribution in [0.25, 0.3) is 0 Å². The fourth-order valence-corrected chi connectivity index (χ4v) is 4.47. The number of rotatable bonds is 14. The number of amides is 3. The third kappa shape index (κ3) is 8.65. The maximum atomic E-state index is 13.8. The SMILES string of the molecule is CNC(=O)C(Cc1ccccc1)N(C)C(=O)C(COCc1ccccc1)N(C)C(=O)COCC1CCCN1. The van der Waals surface area contributed by atoms with Crippen molar-refractivity contribution in [2.45, 2.75) is 44.0 Å².